The number of nitroso groups, excluding NO2 is 1. The quantitative estimate of drug-likeness (QED) is 0.0692. The lowest BCUT2D eigenvalue weighted by atomic mass is 9.93. The highest BCUT2D eigenvalue weighted by molar-refractivity contribution is 6.31. The van der Waals surface area contributed by atoms with Gasteiger partial charge < -0.3 is 20.5 Å². The van der Waals surface area contributed by atoms with Crippen LogP contribution in [0.25, 0.3) is 22.2 Å². The summed E-state index contributed by atoms with van der Waals surface area (Å²) in [7, 11) is 2.58. The largest absolute Gasteiger partial charge is 0.494 e. The van der Waals surface area contributed by atoms with Crippen LogP contribution in [0.5, 0.6) is 5.75 Å². The average molecular weight is 658 g/mol. The molecule has 2 aromatic heterocycles. The van der Waals surface area contributed by atoms with E-state index in [0.29, 0.717) is 36.1 Å². The molecule has 46 heavy (non-hydrogen) atoms. The van der Waals surface area contributed by atoms with Crippen molar-refractivity contribution in [2.24, 2.45) is 11.1 Å². The van der Waals surface area contributed by atoms with E-state index in [9.17, 15) is 13.6 Å². The van der Waals surface area contributed by atoms with Crippen LogP contribution < -0.4 is 21.2 Å². The van der Waals surface area contributed by atoms with Crippen molar-refractivity contribution in [3.63, 3.8) is 0 Å². The van der Waals surface area contributed by atoms with Crippen molar-refractivity contribution in [2.75, 3.05) is 32.6 Å². The van der Waals surface area contributed by atoms with E-state index in [4.69, 9.17) is 31.3 Å². The molecule has 1 aliphatic heterocycles. The van der Waals surface area contributed by atoms with Crippen LogP contribution in [-0.2, 0) is 0 Å². The summed E-state index contributed by atoms with van der Waals surface area (Å²) in [6.45, 7) is 5.18. The van der Waals surface area contributed by atoms with Gasteiger partial charge in [-0.3, -0.25) is 20.3 Å². The first-order valence-electron chi connectivity index (χ1n) is 14.9. The summed E-state index contributed by atoms with van der Waals surface area (Å²) in [5, 5.41) is 20.5. The number of carbonyl (C=O) groups is 1. The fraction of sp³-hybridized carbons (Fsp3) is 0.406. The number of carbonyl (C=O) groups excluding carboxylic acids is 1. The zero-order chi connectivity index (χ0) is 33.5. The predicted molar refractivity (Wildman–Crippen MR) is 174 cm³/mol. The van der Waals surface area contributed by atoms with Crippen molar-refractivity contribution in [1.29, 1.82) is 0 Å². The molecule has 0 bridgehead atoms. The maximum atomic E-state index is 15.0. The number of fused-ring (bicyclic) bond motifs is 2. The molecular weight excluding hydrogens is 620 g/mol. The summed E-state index contributed by atoms with van der Waals surface area (Å²) in [5.74, 6) is 2.76. The van der Waals surface area contributed by atoms with Crippen molar-refractivity contribution in [3.8, 4) is 17.0 Å². The molecule has 0 spiro atoms. The van der Waals surface area contributed by atoms with E-state index in [1.807, 2.05) is 23.0 Å². The monoisotopic (exact) mass is 657 g/mol. The molecule has 6 rings (SSSR count). The number of hydrogen-bond donors (Lipinski definition) is 4. The number of aliphatic hydroxyl groups excluding tert-OH is 1. The zero-order valence-corrected chi connectivity index (χ0v) is 26.9. The van der Waals surface area contributed by atoms with Crippen molar-refractivity contribution in [3.05, 3.63) is 74.9 Å². The van der Waals surface area contributed by atoms with Gasteiger partial charge in [0, 0.05) is 71.8 Å². The molecule has 14 heteroatoms. The first-order chi connectivity index (χ1) is 22.2. The number of anilines is 1. The van der Waals surface area contributed by atoms with Gasteiger partial charge in [0.05, 0.1) is 29.6 Å². The number of aromatic nitrogens is 3. The van der Waals surface area contributed by atoms with Gasteiger partial charge in [0.1, 0.15) is 22.9 Å². The number of aliphatic hydroxyl groups is 1. The average Bonchev–Trinajstić information content (AvgIpc) is 3.71. The highest BCUT2D eigenvalue weighted by Crippen LogP contribution is 2.42. The Bertz CT molecular complexity index is 1710. The Hall–Kier alpha value is -4.36. The third kappa shape index (κ3) is 7.37. The molecular formula is C32H38ClF2N7O4. The van der Waals surface area contributed by atoms with Gasteiger partial charge in [-0.15, -0.1) is 4.91 Å². The molecule has 246 valence electrons. The van der Waals surface area contributed by atoms with E-state index < -0.39 is 11.6 Å². The van der Waals surface area contributed by atoms with E-state index in [1.165, 1.54) is 6.07 Å². The highest BCUT2D eigenvalue weighted by Gasteiger charge is 2.29. The minimum atomic E-state index is -0.816. The van der Waals surface area contributed by atoms with Crippen LogP contribution in [-0.4, -0.2) is 53.1 Å². The first-order valence-corrected chi connectivity index (χ1v) is 15.3. The first kappa shape index (κ1) is 34.5. The topological polar surface area (TPSA) is 157 Å². The maximum Gasteiger partial charge on any atom is 0.251 e. The number of nitrogens with two attached hydrogens (primary N) is 1. The van der Waals surface area contributed by atoms with E-state index >= 15 is 0 Å². The van der Waals surface area contributed by atoms with Crippen molar-refractivity contribution < 1.29 is 23.4 Å². The van der Waals surface area contributed by atoms with Crippen molar-refractivity contribution >= 4 is 34.1 Å². The number of nitrogens with zero attached hydrogens (tertiary/aromatic N) is 4. The number of halogens is 3. The number of hydrogen-bond acceptors (Lipinski definition) is 8. The third-order valence-corrected chi connectivity index (χ3v) is 8.30. The molecule has 0 saturated heterocycles. The number of pyridine rings is 1. The Morgan fingerprint density at radius 3 is 2.61 bits per heavy atom. The van der Waals surface area contributed by atoms with E-state index in [-0.39, 0.29) is 28.3 Å². The van der Waals surface area contributed by atoms with Gasteiger partial charge in [-0.1, -0.05) is 31.9 Å². The SMILES string of the molecule is CCCC(CNC(=O)c1cc(OC)c2nn(C3CC3)cc2c1)c1cc2c(c(-c3cc(Cl)c(F)cc3F)n1)NCC2C.CO.NN=O. The number of benzene rings is 2. The summed E-state index contributed by atoms with van der Waals surface area (Å²) in [4.78, 5) is 26.6. The van der Waals surface area contributed by atoms with Crippen LogP contribution in [0, 0.1) is 16.5 Å². The van der Waals surface area contributed by atoms with Crippen LogP contribution in [0.4, 0.5) is 14.5 Å². The molecule has 1 saturated carbocycles. The van der Waals surface area contributed by atoms with E-state index in [0.717, 1.165) is 66.7 Å². The molecule has 4 aromatic rings. The lowest BCUT2D eigenvalue weighted by molar-refractivity contribution is 0.0950. The number of methoxy groups -OCH3 is 1. The second kappa shape index (κ2) is 15.3. The Labute approximate surface area is 270 Å². The Balaban J connectivity index is 0.000000908. The van der Waals surface area contributed by atoms with Crippen molar-refractivity contribution in [2.45, 2.75) is 57.4 Å². The normalized spacial score (nSPS) is 15.4. The molecule has 2 unspecified atom stereocenters. The molecule has 1 aliphatic carbocycles. The standard InChI is InChI=1S/C31H32ClF2N5O2.CH4O.H2N2O/c1-4-5-17(14-36-31(40)18-8-19-15-39(20-6-7-20)38-28(19)27(9-18)41-3)26-11-21-16(2)13-35-29(21)30(37-26)22-10-23(32)25(34)12-24(22)33;1-2;1-2-3/h8-12,15-17,20,35H,4-7,13-14H2,1-3H3,(H,36,40);2H,1H3;(H2,1,3). The number of nitrogens with one attached hydrogen (secondary N) is 2. The molecule has 1 amide bonds. The maximum absolute atomic E-state index is 15.0. The van der Waals surface area contributed by atoms with Crippen LogP contribution in [0.2, 0.25) is 5.02 Å². The zero-order valence-electron chi connectivity index (χ0n) is 26.1. The third-order valence-electron chi connectivity index (χ3n) is 8.01. The number of rotatable bonds is 9. The molecule has 11 nitrogen and oxygen atoms in total. The molecule has 2 aromatic carbocycles. The second-order valence-electron chi connectivity index (χ2n) is 11.1. The summed E-state index contributed by atoms with van der Waals surface area (Å²) < 4.78 is 36.5. The molecule has 5 N–H and O–H groups in total. The van der Waals surface area contributed by atoms with Gasteiger partial charge in [-0.05, 0) is 49.1 Å². The molecule has 3 heterocycles. The van der Waals surface area contributed by atoms with E-state index in [2.05, 4.69) is 35.4 Å². The van der Waals surface area contributed by atoms with Crippen LogP contribution >= 0.6 is 11.6 Å². The predicted octanol–water partition coefficient (Wildman–Crippen LogP) is 6.45. The van der Waals surface area contributed by atoms with Gasteiger partial charge in [0.25, 0.3) is 5.91 Å². The summed E-state index contributed by atoms with van der Waals surface area (Å²) in [6, 6.07) is 8.10. The highest BCUT2D eigenvalue weighted by atomic mass is 35.5. The lowest BCUT2D eigenvalue weighted by Crippen LogP contribution is -2.29. The van der Waals surface area contributed by atoms with Gasteiger partial charge in [0.15, 0.2) is 0 Å². The summed E-state index contributed by atoms with van der Waals surface area (Å²) >= 11 is 6.04. The molecule has 2 atom stereocenters. The Kier molecular flexibility index (Phi) is 11.5. The van der Waals surface area contributed by atoms with Crippen molar-refractivity contribution in [1.82, 2.24) is 20.1 Å². The lowest BCUT2D eigenvalue weighted by Gasteiger charge is -2.20. The Morgan fingerprint density at radius 2 is 1.96 bits per heavy atom. The minimum Gasteiger partial charge on any atom is -0.494 e. The number of ether oxygens (including phenoxy) is 1. The van der Waals surface area contributed by atoms with Crippen LogP contribution in [0.15, 0.2) is 41.8 Å². The van der Waals surface area contributed by atoms with Gasteiger partial charge >= 0.3 is 0 Å². The smallest absolute Gasteiger partial charge is 0.251 e. The van der Waals surface area contributed by atoms with E-state index in [1.54, 1.807) is 18.5 Å². The summed E-state index contributed by atoms with van der Waals surface area (Å²) in [6.07, 6.45) is 5.81. The minimum absolute atomic E-state index is 0.122. The second-order valence-corrected chi connectivity index (χ2v) is 11.6. The summed E-state index contributed by atoms with van der Waals surface area (Å²) in [5.41, 5.74) is 4.26. The fourth-order valence-electron chi connectivity index (χ4n) is 5.59. The molecule has 2 aliphatic rings. The number of amides is 1. The van der Waals surface area contributed by atoms with Gasteiger partial charge in [0.2, 0.25) is 0 Å². The van der Waals surface area contributed by atoms with Crippen LogP contribution in [0.1, 0.15) is 79.0 Å². The van der Waals surface area contributed by atoms with Gasteiger partial charge in [-0.25, -0.2) is 8.78 Å². The van der Waals surface area contributed by atoms with Gasteiger partial charge in [-0.2, -0.15) is 5.10 Å². The molecule has 0 radical (unpaired) electrons. The fourth-order valence-corrected chi connectivity index (χ4v) is 5.75. The van der Waals surface area contributed by atoms with Crippen LogP contribution in [0.3, 0.4) is 0 Å². The molecule has 1 fully saturated rings. The Morgan fingerprint density at radius 1 is 1.24 bits per heavy atom.